The van der Waals surface area contributed by atoms with Gasteiger partial charge in [0.05, 0.1) is 11.6 Å². The third-order valence-electron chi connectivity index (χ3n) is 0.962. The number of hydrogen-bond donors (Lipinski definition) is 0. The van der Waals surface area contributed by atoms with Crippen molar-refractivity contribution in [3.05, 3.63) is 24.8 Å². The van der Waals surface area contributed by atoms with E-state index in [2.05, 4.69) is 11.9 Å². The molecule has 0 radical (unpaired) electrons. The minimum atomic E-state index is 0. The molecule has 0 unspecified atom stereocenters. The first-order valence-corrected chi connectivity index (χ1v) is 2.59. The van der Waals surface area contributed by atoms with E-state index >= 15 is 0 Å². The Morgan fingerprint density at radius 3 is 2.67 bits per heavy atom. The molecule has 1 aromatic heterocycles. The van der Waals surface area contributed by atoms with Crippen LogP contribution in [0, 0.1) is 6.92 Å². The Morgan fingerprint density at radius 2 is 2.44 bits per heavy atom. The number of aromatic nitrogens is 1. The van der Waals surface area contributed by atoms with Crippen LogP contribution in [-0.2, 0) is 27.5 Å². The summed E-state index contributed by atoms with van der Waals surface area (Å²) in [5, 5.41) is 0. The first-order valence-electron chi connectivity index (χ1n) is 2.59. The molecule has 0 N–H and O–H groups in total. The van der Waals surface area contributed by atoms with E-state index in [-0.39, 0.29) is 21.1 Å². The van der Waals surface area contributed by atoms with Crippen LogP contribution in [0.15, 0.2) is 10.7 Å². The van der Waals surface area contributed by atoms with Gasteiger partial charge >= 0.3 is 0 Å². The van der Waals surface area contributed by atoms with Crippen molar-refractivity contribution >= 4 is 0 Å². The minimum absolute atomic E-state index is 0. The monoisotopic (exact) mass is 294 g/mol. The molecular weight excluding hydrogens is 286 g/mol. The van der Waals surface area contributed by atoms with Crippen LogP contribution in [0.1, 0.15) is 18.5 Å². The van der Waals surface area contributed by atoms with E-state index in [1.165, 1.54) is 0 Å². The topological polar surface area (TPSA) is 26.0 Å². The molecule has 1 aromatic rings. The number of nitrogens with zero attached hydrogens (tertiary/aromatic N) is 1. The van der Waals surface area contributed by atoms with Crippen molar-refractivity contribution in [2.24, 2.45) is 0 Å². The van der Waals surface area contributed by atoms with E-state index in [0.29, 0.717) is 5.89 Å². The van der Waals surface area contributed by atoms with Gasteiger partial charge in [0.15, 0.2) is 0 Å². The number of aryl methyl sites for hydroxylation is 1. The van der Waals surface area contributed by atoms with Crippen LogP contribution in [0.25, 0.3) is 0 Å². The number of hydrogen-bond acceptors (Lipinski definition) is 2. The molecule has 0 saturated heterocycles. The third-order valence-corrected chi connectivity index (χ3v) is 0.962. The van der Waals surface area contributed by atoms with Gasteiger partial charge in [-0.05, 0) is 6.42 Å². The van der Waals surface area contributed by atoms with Crippen molar-refractivity contribution in [1.82, 2.24) is 4.98 Å². The Labute approximate surface area is 68.9 Å². The van der Waals surface area contributed by atoms with Crippen molar-refractivity contribution in [3.63, 3.8) is 0 Å². The van der Waals surface area contributed by atoms with Crippen molar-refractivity contribution in [2.75, 3.05) is 0 Å². The van der Waals surface area contributed by atoms with Crippen molar-refractivity contribution in [1.29, 1.82) is 0 Å². The van der Waals surface area contributed by atoms with Crippen LogP contribution in [0.5, 0.6) is 0 Å². The summed E-state index contributed by atoms with van der Waals surface area (Å²) in [6, 6.07) is 0. The molecule has 0 aromatic carbocycles. The molecule has 9 heavy (non-hydrogen) atoms. The predicted octanol–water partition coefficient (Wildman–Crippen LogP) is 1.42. The second kappa shape index (κ2) is 3.73. The molecule has 0 fully saturated rings. The van der Waals surface area contributed by atoms with Gasteiger partial charge in [0, 0.05) is 21.1 Å². The molecule has 0 bridgehead atoms. The second-order valence-electron chi connectivity index (χ2n) is 1.59. The fraction of sp³-hybridized carbons (Fsp3) is 0.333. The number of rotatable bonds is 1. The molecule has 0 aliphatic heterocycles. The molecule has 0 aliphatic rings. The van der Waals surface area contributed by atoms with Crippen LogP contribution in [0.4, 0.5) is 0 Å². The van der Waals surface area contributed by atoms with E-state index < -0.39 is 0 Å². The average molecular weight is 294 g/mol. The van der Waals surface area contributed by atoms with Gasteiger partial charge in [-0.15, -0.1) is 0 Å². The van der Waals surface area contributed by atoms with Crippen LogP contribution >= 0.6 is 0 Å². The summed E-state index contributed by atoms with van der Waals surface area (Å²) in [6.45, 7) is 5.54. The zero-order valence-electron chi connectivity index (χ0n) is 5.26. The second-order valence-corrected chi connectivity index (χ2v) is 1.59. The summed E-state index contributed by atoms with van der Waals surface area (Å²) < 4.78 is 4.83. The third kappa shape index (κ3) is 2.23. The van der Waals surface area contributed by atoms with Crippen molar-refractivity contribution in [2.45, 2.75) is 13.3 Å². The summed E-state index contributed by atoms with van der Waals surface area (Å²) in [6.07, 6.45) is 2.54. The first kappa shape index (κ1) is 8.77. The van der Waals surface area contributed by atoms with E-state index in [0.717, 1.165) is 12.1 Å². The molecule has 1 rings (SSSR count). The quantitative estimate of drug-likeness (QED) is 0.732. The molecular formula is C6H8NOW-. The van der Waals surface area contributed by atoms with Crippen LogP contribution in [0.2, 0.25) is 0 Å². The Bertz CT molecular complexity index is 173. The van der Waals surface area contributed by atoms with Crippen LogP contribution in [-0.4, -0.2) is 4.98 Å². The summed E-state index contributed by atoms with van der Waals surface area (Å²) in [7, 11) is 0. The van der Waals surface area contributed by atoms with Gasteiger partial charge in [0.1, 0.15) is 6.26 Å². The first-order chi connectivity index (χ1) is 3.83. The van der Waals surface area contributed by atoms with Gasteiger partial charge < -0.3 is 11.3 Å². The molecule has 1 heterocycles. The molecule has 3 heteroatoms. The van der Waals surface area contributed by atoms with E-state index in [1.807, 2.05) is 6.92 Å². The predicted molar refractivity (Wildman–Crippen MR) is 30.3 cm³/mol. The molecule has 0 saturated carbocycles. The van der Waals surface area contributed by atoms with E-state index in [9.17, 15) is 0 Å². The van der Waals surface area contributed by atoms with Gasteiger partial charge in [-0.3, -0.25) is 0 Å². The molecule has 0 amide bonds. The molecule has 50 valence electrons. The minimum Gasteiger partial charge on any atom is -0.480 e. The van der Waals surface area contributed by atoms with Crippen LogP contribution in [0.3, 0.4) is 0 Å². The largest absolute Gasteiger partial charge is 0.480 e. The summed E-state index contributed by atoms with van der Waals surface area (Å²) >= 11 is 0. The fourth-order valence-corrected chi connectivity index (χ4v) is 0.511. The Morgan fingerprint density at radius 1 is 1.78 bits per heavy atom. The van der Waals surface area contributed by atoms with Gasteiger partial charge in [-0.1, -0.05) is 6.92 Å². The SMILES string of the molecule is [CH2-]c1nc(CC)co1.[W]. The Balaban J connectivity index is 0.000000640. The maximum Gasteiger partial charge on any atom is 0.110 e. The normalized spacial score (nSPS) is 8.56. The van der Waals surface area contributed by atoms with Crippen molar-refractivity contribution < 1.29 is 25.5 Å². The van der Waals surface area contributed by atoms with E-state index in [1.54, 1.807) is 6.26 Å². The Kier molecular flexibility index (Phi) is 3.63. The molecule has 0 aliphatic carbocycles. The summed E-state index contributed by atoms with van der Waals surface area (Å²) in [5.74, 6) is 0.502. The zero-order chi connectivity index (χ0) is 5.98. The smallest absolute Gasteiger partial charge is 0.110 e. The van der Waals surface area contributed by atoms with Gasteiger partial charge in [0.2, 0.25) is 0 Å². The van der Waals surface area contributed by atoms with Gasteiger partial charge in [0.25, 0.3) is 0 Å². The summed E-state index contributed by atoms with van der Waals surface area (Å²) in [4.78, 5) is 3.95. The van der Waals surface area contributed by atoms with E-state index in [4.69, 9.17) is 4.42 Å². The maximum atomic E-state index is 4.83. The van der Waals surface area contributed by atoms with Gasteiger partial charge in [-0.2, -0.15) is 0 Å². The number of oxazole rings is 1. The zero-order valence-corrected chi connectivity index (χ0v) is 8.19. The van der Waals surface area contributed by atoms with Gasteiger partial charge in [-0.25, -0.2) is 4.98 Å². The maximum absolute atomic E-state index is 4.83. The fourth-order valence-electron chi connectivity index (χ4n) is 0.511. The van der Waals surface area contributed by atoms with Crippen molar-refractivity contribution in [3.8, 4) is 0 Å². The standard InChI is InChI=1S/C6H8NO.W/c1-3-6-4-8-5(2)7-6;/h4H,2-3H2,1H3;/q-1;. The summed E-state index contributed by atoms with van der Waals surface area (Å²) in [5.41, 5.74) is 0.968. The molecule has 0 spiro atoms. The average Bonchev–Trinajstić information content (AvgIpc) is 2.14. The Hall–Kier alpha value is -0.232. The molecule has 0 atom stereocenters. The van der Waals surface area contributed by atoms with Crippen LogP contribution < -0.4 is 0 Å². The molecule has 2 nitrogen and oxygen atoms in total.